The summed E-state index contributed by atoms with van der Waals surface area (Å²) in [6.45, 7) is 3.92. The smallest absolute Gasteiger partial charge is 0.253 e. The standard InChI is InChI=1S/C19H21FN2O2S/c1-3-13(2)21-19(24)16-6-4-5-7-17(16)22-18(23)12-25-15-10-8-14(20)9-11-15/h4-11,13H,3,12H2,1-2H3,(H,21,24)(H,22,23). The third-order valence-corrected chi connectivity index (χ3v) is 4.63. The molecular formula is C19H21FN2O2S. The van der Waals surface area contributed by atoms with Crippen molar-refractivity contribution in [3.63, 3.8) is 0 Å². The summed E-state index contributed by atoms with van der Waals surface area (Å²) in [6, 6.07) is 12.9. The van der Waals surface area contributed by atoms with E-state index < -0.39 is 0 Å². The molecule has 0 aliphatic carbocycles. The minimum atomic E-state index is -0.310. The van der Waals surface area contributed by atoms with Gasteiger partial charge in [0.1, 0.15) is 5.82 Å². The van der Waals surface area contributed by atoms with Crippen LogP contribution in [0.5, 0.6) is 0 Å². The number of para-hydroxylation sites is 1. The number of carbonyl (C=O) groups is 2. The number of carbonyl (C=O) groups excluding carboxylic acids is 2. The summed E-state index contributed by atoms with van der Waals surface area (Å²) in [4.78, 5) is 25.3. The highest BCUT2D eigenvalue weighted by molar-refractivity contribution is 8.00. The maximum absolute atomic E-state index is 12.9. The molecule has 1 unspecified atom stereocenters. The summed E-state index contributed by atoms with van der Waals surface area (Å²) in [5.74, 6) is -0.572. The van der Waals surface area contributed by atoms with Gasteiger partial charge in [-0.05, 0) is 49.7 Å². The number of rotatable bonds is 7. The summed E-state index contributed by atoms with van der Waals surface area (Å²) in [6.07, 6.45) is 0.828. The number of benzene rings is 2. The molecular weight excluding hydrogens is 339 g/mol. The molecule has 25 heavy (non-hydrogen) atoms. The average Bonchev–Trinajstić information content (AvgIpc) is 2.61. The zero-order chi connectivity index (χ0) is 18.2. The van der Waals surface area contributed by atoms with Gasteiger partial charge in [-0.1, -0.05) is 19.1 Å². The van der Waals surface area contributed by atoms with Gasteiger partial charge in [-0.3, -0.25) is 9.59 Å². The second-order valence-corrected chi connectivity index (χ2v) is 6.67. The van der Waals surface area contributed by atoms with E-state index in [4.69, 9.17) is 0 Å². The van der Waals surface area contributed by atoms with Gasteiger partial charge in [0.25, 0.3) is 5.91 Å². The van der Waals surface area contributed by atoms with E-state index in [1.807, 2.05) is 13.8 Å². The van der Waals surface area contributed by atoms with Crippen LogP contribution in [0.1, 0.15) is 30.6 Å². The third kappa shape index (κ3) is 5.90. The molecule has 132 valence electrons. The molecule has 2 rings (SSSR count). The fourth-order valence-corrected chi connectivity index (χ4v) is 2.76. The highest BCUT2D eigenvalue weighted by Gasteiger charge is 2.14. The summed E-state index contributed by atoms with van der Waals surface area (Å²) < 4.78 is 12.9. The molecule has 0 fully saturated rings. The SMILES string of the molecule is CCC(C)NC(=O)c1ccccc1NC(=O)CSc1ccc(F)cc1. The van der Waals surface area contributed by atoms with E-state index >= 15 is 0 Å². The molecule has 2 N–H and O–H groups in total. The van der Waals surface area contributed by atoms with E-state index in [-0.39, 0.29) is 29.4 Å². The zero-order valence-electron chi connectivity index (χ0n) is 14.2. The van der Waals surface area contributed by atoms with Gasteiger partial charge in [0.2, 0.25) is 5.91 Å². The van der Waals surface area contributed by atoms with Crippen LogP contribution in [0.3, 0.4) is 0 Å². The largest absolute Gasteiger partial charge is 0.350 e. The van der Waals surface area contributed by atoms with Crippen LogP contribution < -0.4 is 10.6 Å². The predicted molar refractivity (Wildman–Crippen MR) is 99.4 cm³/mol. The Balaban J connectivity index is 1.98. The van der Waals surface area contributed by atoms with Crippen LogP contribution >= 0.6 is 11.8 Å². The Labute approximate surface area is 151 Å². The van der Waals surface area contributed by atoms with Crippen LogP contribution in [0.15, 0.2) is 53.4 Å². The topological polar surface area (TPSA) is 58.2 Å². The van der Waals surface area contributed by atoms with Crippen LogP contribution in [0, 0.1) is 5.82 Å². The number of hydrogen-bond donors (Lipinski definition) is 2. The minimum absolute atomic E-state index is 0.0605. The van der Waals surface area contributed by atoms with Crippen molar-refractivity contribution < 1.29 is 14.0 Å². The second-order valence-electron chi connectivity index (χ2n) is 5.62. The molecule has 2 amide bonds. The molecule has 0 radical (unpaired) electrons. The first-order chi connectivity index (χ1) is 12.0. The van der Waals surface area contributed by atoms with Crippen LogP contribution in [0.4, 0.5) is 10.1 Å². The monoisotopic (exact) mass is 360 g/mol. The summed E-state index contributed by atoms with van der Waals surface area (Å²) in [7, 11) is 0. The van der Waals surface area contributed by atoms with Crippen molar-refractivity contribution in [3.05, 3.63) is 59.9 Å². The Morgan fingerprint density at radius 2 is 1.80 bits per heavy atom. The van der Waals surface area contributed by atoms with Gasteiger partial charge in [0.05, 0.1) is 17.0 Å². The Morgan fingerprint density at radius 3 is 2.48 bits per heavy atom. The lowest BCUT2D eigenvalue weighted by molar-refractivity contribution is -0.113. The lowest BCUT2D eigenvalue weighted by Gasteiger charge is -2.14. The summed E-state index contributed by atoms with van der Waals surface area (Å²) >= 11 is 1.31. The lowest BCUT2D eigenvalue weighted by Crippen LogP contribution is -2.32. The van der Waals surface area contributed by atoms with Crippen molar-refractivity contribution in [2.45, 2.75) is 31.2 Å². The van der Waals surface area contributed by atoms with Gasteiger partial charge in [-0.2, -0.15) is 0 Å². The summed E-state index contributed by atoms with van der Waals surface area (Å²) in [5.41, 5.74) is 0.913. The number of hydrogen-bond acceptors (Lipinski definition) is 3. The van der Waals surface area contributed by atoms with E-state index in [1.165, 1.54) is 23.9 Å². The van der Waals surface area contributed by atoms with Crippen molar-refractivity contribution in [2.75, 3.05) is 11.1 Å². The Hall–Kier alpha value is -2.34. The highest BCUT2D eigenvalue weighted by Crippen LogP contribution is 2.20. The first-order valence-electron chi connectivity index (χ1n) is 8.07. The molecule has 0 bridgehead atoms. The van der Waals surface area contributed by atoms with Crippen LogP contribution in [0.2, 0.25) is 0 Å². The third-order valence-electron chi connectivity index (χ3n) is 3.62. The van der Waals surface area contributed by atoms with Gasteiger partial charge in [0, 0.05) is 10.9 Å². The molecule has 0 heterocycles. The first kappa shape index (κ1) is 19.0. The van der Waals surface area contributed by atoms with Gasteiger partial charge >= 0.3 is 0 Å². The van der Waals surface area contributed by atoms with Crippen LogP contribution in [0.25, 0.3) is 0 Å². The zero-order valence-corrected chi connectivity index (χ0v) is 15.0. The predicted octanol–water partition coefficient (Wildman–Crippen LogP) is 4.08. The number of halogens is 1. The first-order valence-corrected chi connectivity index (χ1v) is 9.06. The van der Waals surface area contributed by atoms with E-state index in [2.05, 4.69) is 10.6 Å². The molecule has 6 heteroatoms. The average molecular weight is 360 g/mol. The minimum Gasteiger partial charge on any atom is -0.350 e. The number of nitrogens with one attached hydrogen (secondary N) is 2. The molecule has 2 aromatic carbocycles. The van der Waals surface area contributed by atoms with E-state index in [0.29, 0.717) is 11.3 Å². The van der Waals surface area contributed by atoms with E-state index in [9.17, 15) is 14.0 Å². The molecule has 0 aliphatic rings. The molecule has 0 aliphatic heterocycles. The van der Waals surface area contributed by atoms with Crippen LogP contribution in [-0.2, 0) is 4.79 Å². The highest BCUT2D eigenvalue weighted by atomic mass is 32.2. The van der Waals surface area contributed by atoms with Gasteiger partial charge < -0.3 is 10.6 Å². The number of thioether (sulfide) groups is 1. The maximum atomic E-state index is 12.9. The van der Waals surface area contributed by atoms with Crippen LogP contribution in [-0.4, -0.2) is 23.6 Å². The van der Waals surface area contributed by atoms with Gasteiger partial charge in [0.15, 0.2) is 0 Å². The molecule has 0 aromatic heterocycles. The van der Waals surface area contributed by atoms with Crippen molar-refractivity contribution in [1.29, 1.82) is 0 Å². The molecule has 0 saturated carbocycles. The Morgan fingerprint density at radius 1 is 1.12 bits per heavy atom. The van der Waals surface area contributed by atoms with E-state index in [1.54, 1.807) is 36.4 Å². The molecule has 2 aromatic rings. The van der Waals surface area contributed by atoms with Crippen molar-refractivity contribution in [1.82, 2.24) is 5.32 Å². The maximum Gasteiger partial charge on any atom is 0.253 e. The van der Waals surface area contributed by atoms with Crippen molar-refractivity contribution in [3.8, 4) is 0 Å². The van der Waals surface area contributed by atoms with Gasteiger partial charge in [-0.15, -0.1) is 11.8 Å². The lowest BCUT2D eigenvalue weighted by atomic mass is 10.1. The number of amides is 2. The van der Waals surface area contributed by atoms with Crippen molar-refractivity contribution in [2.24, 2.45) is 0 Å². The summed E-state index contributed by atoms with van der Waals surface area (Å²) in [5, 5.41) is 5.66. The molecule has 4 nitrogen and oxygen atoms in total. The van der Waals surface area contributed by atoms with Crippen molar-refractivity contribution >= 4 is 29.3 Å². The fraction of sp³-hybridized carbons (Fsp3) is 0.263. The number of anilines is 1. The Bertz CT molecular complexity index is 734. The van der Waals surface area contributed by atoms with Gasteiger partial charge in [-0.25, -0.2) is 4.39 Å². The quantitative estimate of drug-likeness (QED) is 0.732. The molecule has 1 atom stereocenters. The van der Waals surface area contributed by atoms with E-state index in [0.717, 1.165) is 11.3 Å². The molecule has 0 saturated heterocycles. The normalized spacial score (nSPS) is 11.6. The molecule has 0 spiro atoms. The second kappa shape index (κ2) is 9.22. The Kier molecular flexibility index (Phi) is 7.01. The fourth-order valence-electron chi connectivity index (χ4n) is 2.06.